The molecule has 0 bridgehead atoms. The van der Waals surface area contributed by atoms with E-state index in [0.717, 1.165) is 110 Å². The molecule has 0 saturated heterocycles. The maximum atomic E-state index is 10.0. The summed E-state index contributed by atoms with van der Waals surface area (Å²) in [4.78, 5) is 40.8. The maximum absolute atomic E-state index is 10.0. The van der Waals surface area contributed by atoms with Crippen LogP contribution in [0.3, 0.4) is 0 Å². The number of hydrogen-bond acceptors (Lipinski definition) is 6. The SMILES string of the molecule is CC(=O)CC(C)=O.[Ir+3].[c-]1cc(-n2c3ccccc3c3ccccc32)cc2c1c1ncc(-c3ccccc3)nc1c1ccc(-n3c4ccccc4c4ccccc43)cc21.[c-]1cc(-n2c3ccccc3c3ccccc32)cc2c1c1ncc(-c3ccccc3)nc1c1ccc(-n3c4ccccc4c4ccccc43)cc21. The van der Waals surface area contributed by atoms with E-state index >= 15 is 0 Å². The molecule has 0 spiro atoms. The first-order valence-electron chi connectivity index (χ1n) is 36.0. The number of carbonyl (C=O) groups excluding carboxylic acids is 2. The van der Waals surface area contributed by atoms with Crippen LogP contribution in [0.1, 0.15) is 20.3 Å². The molecular formula is C97H62IrN8O2+. The predicted molar refractivity (Wildman–Crippen MR) is 441 cm³/mol. The molecule has 10 nitrogen and oxygen atoms in total. The van der Waals surface area contributed by atoms with Gasteiger partial charge in [0.05, 0.1) is 50.9 Å². The van der Waals surface area contributed by atoms with Gasteiger partial charge in [-0.2, -0.15) is 0 Å². The fourth-order valence-electron chi connectivity index (χ4n) is 16.4. The number of aromatic nitrogens is 8. The van der Waals surface area contributed by atoms with Crippen molar-refractivity contribution in [1.29, 1.82) is 0 Å². The molecular weight excluding hydrogens is 1500 g/mol. The minimum absolute atomic E-state index is 0. The van der Waals surface area contributed by atoms with Crippen LogP contribution < -0.4 is 0 Å². The third kappa shape index (κ3) is 10.7. The third-order valence-electron chi connectivity index (χ3n) is 21.0. The summed E-state index contributed by atoms with van der Waals surface area (Å²) in [6.45, 7) is 2.81. The molecule has 11 heteroatoms. The van der Waals surface area contributed by atoms with Crippen molar-refractivity contribution in [3.8, 4) is 45.3 Å². The van der Waals surface area contributed by atoms with Crippen LogP contribution in [0.15, 0.2) is 328 Å². The molecule has 6 heterocycles. The number of Topliss-reactive ketones (excluding diaryl/α,β-unsaturated/α-hetero) is 2. The molecule has 22 rings (SSSR count). The van der Waals surface area contributed by atoms with Crippen LogP contribution in [0.4, 0.5) is 0 Å². The average molecular weight is 1560 g/mol. The second-order valence-electron chi connectivity index (χ2n) is 27.4. The van der Waals surface area contributed by atoms with Gasteiger partial charge < -0.3 is 28.2 Å². The van der Waals surface area contributed by atoms with Crippen LogP contribution in [-0.4, -0.2) is 49.8 Å². The Kier molecular flexibility index (Phi) is 16.0. The molecule has 16 aromatic carbocycles. The Labute approximate surface area is 633 Å². The zero-order valence-corrected chi connectivity index (χ0v) is 61.0. The van der Waals surface area contributed by atoms with Gasteiger partial charge in [-0.3, -0.25) is 19.6 Å². The number of benzene rings is 16. The number of hydrogen-bond donors (Lipinski definition) is 0. The molecule has 0 fully saturated rings. The van der Waals surface area contributed by atoms with Crippen LogP contribution in [-0.2, 0) is 29.7 Å². The van der Waals surface area contributed by atoms with Gasteiger partial charge in [0, 0.05) is 111 Å². The van der Waals surface area contributed by atoms with Crippen LogP contribution in [0.25, 0.3) is 198 Å². The first-order chi connectivity index (χ1) is 52.8. The molecule has 0 unspecified atom stereocenters. The Morgan fingerprint density at radius 1 is 0.278 bits per heavy atom. The van der Waals surface area contributed by atoms with Crippen molar-refractivity contribution in [3.63, 3.8) is 0 Å². The monoisotopic (exact) mass is 1560 g/mol. The van der Waals surface area contributed by atoms with E-state index in [1.54, 1.807) is 0 Å². The molecule has 0 N–H and O–H groups in total. The van der Waals surface area contributed by atoms with Crippen molar-refractivity contribution in [2.75, 3.05) is 0 Å². The van der Waals surface area contributed by atoms with Gasteiger partial charge in [0.15, 0.2) is 0 Å². The Morgan fingerprint density at radius 3 is 0.815 bits per heavy atom. The van der Waals surface area contributed by atoms with Crippen LogP contribution >= 0.6 is 0 Å². The van der Waals surface area contributed by atoms with Crippen molar-refractivity contribution in [2.24, 2.45) is 0 Å². The summed E-state index contributed by atoms with van der Waals surface area (Å²) < 4.78 is 9.48. The van der Waals surface area contributed by atoms with Crippen molar-refractivity contribution in [3.05, 3.63) is 340 Å². The Hall–Kier alpha value is -13.6. The average Bonchev–Trinajstić information content (AvgIpc) is 1.13. The number of nitrogens with zero attached hydrogens (tertiary/aromatic N) is 8. The fourth-order valence-corrected chi connectivity index (χ4v) is 16.4. The largest absolute Gasteiger partial charge is 3.00 e. The van der Waals surface area contributed by atoms with E-state index in [1.165, 1.54) is 101 Å². The summed E-state index contributed by atoms with van der Waals surface area (Å²) in [5.74, 6) is -0.125. The number of rotatable bonds is 8. The predicted octanol–water partition coefficient (Wildman–Crippen LogP) is 23.7. The second kappa shape index (κ2) is 26.5. The van der Waals surface area contributed by atoms with Gasteiger partial charge in [0.1, 0.15) is 11.6 Å². The zero-order chi connectivity index (χ0) is 71.4. The minimum Gasteiger partial charge on any atom is -0.351 e. The smallest absolute Gasteiger partial charge is 0.351 e. The molecule has 22 aromatic rings. The first kappa shape index (κ1) is 65.2. The van der Waals surface area contributed by atoms with Crippen molar-refractivity contribution in [1.82, 2.24) is 38.2 Å². The molecule has 0 radical (unpaired) electrons. The molecule has 0 atom stereocenters. The van der Waals surface area contributed by atoms with Crippen LogP contribution in [0.2, 0.25) is 0 Å². The minimum atomic E-state index is -0.0625. The van der Waals surface area contributed by atoms with E-state index in [-0.39, 0.29) is 38.1 Å². The van der Waals surface area contributed by atoms with E-state index in [9.17, 15) is 9.59 Å². The van der Waals surface area contributed by atoms with E-state index < -0.39 is 0 Å². The number of para-hydroxylation sites is 8. The molecule has 510 valence electrons. The molecule has 0 saturated carbocycles. The molecule has 6 aromatic heterocycles. The van der Waals surface area contributed by atoms with Gasteiger partial charge in [0.25, 0.3) is 0 Å². The molecule has 0 aliphatic heterocycles. The fraction of sp³-hybridized carbons (Fsp3) is 0.0309. The zero-order valence-electron chi connectivity index (χ0n) is 58.6. The van der Waals surface area contributed by atoms with Crippen molar-refractivity contribution >= 4 is 164 Å². The molecule has 0 aliphatic carbocycles. The Balaban J connectivity index is 0.000000134. The van der Waals surface area contributed by atoms with Gasteiger partial charge in [-0.1, -0.05) is 229 Å². The molecule has 0 aliphatic rings. The van der Waals surface area contributed by atoms with E-state index in [2.05, 4.69) is 309 Å². The summed E-state index contributed by atoms with van der Waals surface area (Å²) in [5.41, 5.74) is 21.0. The summed E-state index contributed by atoms with van der Waals surface area (Å²) >= 11 is 0. The Bertz CT molecular complexity index is 6780. The van der Waals surface area contributed by atoms with Gasteiger partial charge >= 0.3 is 20.1 Å². The van der Waals surface area contributed by atoms with Gasteiger partial charge in [0.2, 0.25) is 0 Å². The summed E-state index contributed by atoms with van der Waals surface area (Å²) in [5, 5.41) is 18.4. The van der Waals surface area contributed by atoms with Gasteiger partial charge in [-0.05, 0) is 120 Å². The van der Waals surface area contributed by atoms with Crippen LogP contribution in [0, 0.1) is 12.1 Å². The van der Waals surface area contributed by atoms with Crippen molar-refractivity contribution in [2.45, 2.75) is 20.3 Å². The molecule has 108 heavy (non-hydrogen) atoms. The topological polar surface area (TPSA) is 105 Å². The van der Waals surface area contributed by atoms with Crippen molar-refractivity contribution < 1.29 is 29.7 Å². The maximum Gasteiger partial charge on any atom is 3.00 e. The summed E-state index contributed by atoms with van der Waals surface area (Å²) in [7, 11) is 0. The standard InChI is InChI=1S/2C46H27N4.C5H8O2.Ir/c2*1-2-12-29(13-3-1)40-28-47-45-36-24-22-30(49-41-18-8-4-14-32(41)33-15-5-9-19-42(33)49)26-38(36)39-27-31(23-25-37(39)46(45)48-40)50-43-20-10-6-16-34(43)35-17-7-11-21-44(35)50;1-4(6)3-5(2)7;/h2*1-23,25-28H;3H2,1-2H3;/q2*-1;;+3. The second-order valence-corrected chi connectivity index (χ2v) is 27.4. The number of fused-ring (bicyclic) bond motifs is 24. The first-order valence-corrected chi connectivity index (χ1v) is 36.0. The quantitative estimate of drug-likeness (QED) is 0.0852. The molecule has 0 amide bonds. The normalized spacial score (nSPS) is 11.6. The third-order valence-corrected chi connectivity index (χ3v) is 21.0. The van der Waals surface area contributed by atoms with E-state index in [1.807, 2.05) is 48.8 Å². The van der Waals surface area contributed by atoms with E-state index in [0.29, 0.717) is 0 Å². The van der Waals surface area contributed by atoms with E-state index in [4.69, 9.17) is 19.9 Å². The summed E-state index contributed by atoms with van der Waals surface area (Å²) in [6, 6.07) is 120. The number of carbonyl (C=O) groups is 2. The van der Waals surface area contributed by atoms with Crippen LogP contribution in [0.5, 0.6) is 0 Å². The number of ketones is 2. The van der Waals surface area contributed by atoms with Gasteiger partial charge in [-0.25, -0.2) is 0 Å². The summed E-state index contributed by atoms with van der Waals surface area (Å²) in [6.07, 6.45) is 3.87. The van der Waals surface area contributed by atoms with Gasteiger partial charge in [-0.15, -0.1) is 47.2 Å². The Morgan fingerprint density at radius 2 is 0.537 bits per heavy atom.